The molecule has 1 atom stereocenters. The van der Waals surface area contributed by atoms with Crippen LogP contribution in [-0.2, 0) is 4.79 Å². The summed E-state index contributed by atoms with van der Waals surface area (Å²) in [6.07, 6.45) is 12.0. The lowest BCUT2D eigenvalue weighted by molar-refractivity contribution is -0.133. The van der Waals surface area contributed by atoms with Gasteiger partial charge in [0.15, 0.2) is 0 Å². The molecule has 1 aliphatic heterocycles. The van der Waals surface area contributed by atoms with Crippen LogP contribution < -0.4 is 0 Å². The third-order valence-corrected chi connectivity index (χ3v) is 4.59. The second-order valence-electron chi connectivity index (χ2n) is 5.98. The molecule has 1 aliphatic carbocycles. The molecule has 0 N–H and O–H groups in total. The number of aromatic nitrogens is 2. The average molecular weight is 261 g/mol. The molecule has 19 heavy (non-hydrogen) atoms. The number of hydrogen-bond acceptors (Lipinski definition) is 2. The summed E-state index contributed by atoms with van der Waals surface area (Å²) in [6.45, 7) is 1.77. The van der Waals surface area contributed by atoms with Crippen molar-refractivity contribution in [3.05, 3.63) is 18.5 Å². The van der Waals surface area contributed by atoms with Gasteiger partial charge in [0.1, 0.15) is 0 Å². The Labute approximate surface area is 114 Å². The molecule has 2 aliphatic rings. The molecular formula is C15H23N3O. The van der Waals surface area contributed by atoms with Crippen molar-refractivity contribution in [3.8, 4) is 0 Å². The van der Waals surface area contributed by atoms with Crippen molar-refractivity contribution < 1.29 is 4.79 Å². The van der Waals surface area contributed by atoms with Crippen molar-refractivity contribution in [2.75, 3.05) is 13.1 Å². The number of rotatable bonds is 3. The van der Waals surface area contributed by atoms with E-state index < -0.39 is 0 Å². The van der Waals surface area contributed by atoms with Crippen molar-refractivity contribution >= 4 is 5.91 Å². The minimum absolute atomic E-state index is 0.365. The lowest BCUT2D eigenvalue weighted by Crippen LogP contribution is -2.41. The van der Waals surface area contributed by atoms with Gasteiger partial charge in [-0.3, -0.25) is 9.48 Å². The van der Waals surface area contributed by atoms with Gasteiger partial charge in [0.2, 0.25) is 5.91 Å². The third-order valence-electron chi connectivity index (χ3n) is 4.59. The second kappa shape index (κ2) is 5.76. The predicted molar refractivity (Wildman–Crippen MR) is 73.7 cm³/mol. The summed E-state index contributed by atoms with van der Waals surface area (Å²) in [4.78, 5) is 14.4. The SMILES string of the molecule is O=C(CC1CCCC1)N1CCC[C@@H](n2cccn2)C1. The molecule has 0 unspecified atom stereocenters. The van der Waals surface area contributed by atoms with E-state index in [0.29, 0.717) is 17.9 Å². The topological polar surface area (TPSA) is 38.1 Å². The Morgan fingerprint density at radius 2 is 2.05 bits per heavy atom. The first-order chi connectivity index (χ1) is 9.33. The Kier molecular flexibility index (Phi) is 3.85. The van der Waals surface area contributed by atoms with E-state index >= 15 is 0 Å². The molecule has 1 saturated carbocycles. The highest BCUT2D eigenvalue weighted by atomic mass is 16.2. The van der Waals surface area contributed by atoms with Crippen LogP contribution in [0.15, 0.2) is 18.5 Å². The molecule has 2 fully saturated rings. The highest BCUT2D eigenvalue weighted by Gasteiger charge is 2.27. The molecule has 0 spiro atoms. The minimum atomic E-state index is 0.365. The highest BCUT2D eigenvalue weighted by molar-refractivity contribution is 5.76. The Morgan fingerprint density at radius 1 is 1.21 bits per heavy atom. The fourth-order valence-corrected chi connectivity index (χ4v) is 3.48. The maximum Gasteiger partial charge on any atom is 0.222 e. The highest BCUT2D eigenvalue weighted by Crippen LogP contribution is 2.29. The molecule has 0 aromatic carbocycles. The monoisotopic (exact) mass is 261 g/mol. The van der Waals surface area contributed by atoms with Crippen LogP contribution in [0.3, 0.4) is 0 Å². The van der Waals surface area contributed by atoms with E-state index in [2.05, 4.69) is 10.00 Å². The predicted octanol–water partition coefficient (Wildman–Crippen LogP) is 2.63. The number of piperidine rings is 1. The maximum absolute atomic E-state index is 12.4. The molecule has 4 nitrogen and oxygen atoms in total. The van der Waals surface area contributed by atoms with Crippen molar-refractivity contribution in [1.29, 1.82) is 0 Å². The van der Waals surface area contributed by atoms with Crippen LogP contribution >= 0.6 is 0 Å². The van der Waals surface area contributed by atoms with Crippen LogP contribution in [0, 0.1) is 5.92 Å². The van der Waals surface area contributed by atoms with E-state index in [1.807, 2.05) is 23.1 Å². The van der Waals surface area contributed by atoms with Crippen molar-refractivity contribution in [1.82, 2.24) is 14.7 Å². The molecule has 1 amide bonds. The van der Waals surface area contributed by atoms with Gasteiger partial charge in [0.25, 0.3) is 0 Å². The molecule has 4 heteroatoms. The van der Waals surface area contributed by atoms with E-state index in [-0.39, 0.29) is 0 Å². The summed E-state index contributed by atoms with van der Waals surface area (Å²) < 4.78 is 2.01. The molecule has 0 radical (unpaired) electrons. The zero-order valence-electron chi connectivity index (χ0n) is 11.5. The molecular weight excluding hydrogens is 238 g/mol. The van der Waals surface area contributed by atoms with Gasteiger partial charge in [-0.15, -0.1) is 0 Å². The van der Waals surface area contributed by atoms with E-state index in [4.69, 9.17) is 0 Å². The van der Waals surface area contributed by atoms with Crippen molar-refractivity contribution in [2.45, 2.75) is 51.0 Å². The summed E-state index contributed by atoms with van der Waals surface area (Å²) in [7, 11) is 0. The standard InChI is InChI=1S/C15H23N3O/c19-15(11-13-5-1-2-6-13)17-9-3-7-14(12-17)18-10-4-8-16-18/h4,8,10,13-14H,1-3,5-7,9,11-12H2/t14-/m1/s1. The summed E-state index contributed by atoms with van der Waals surface area (Å²) in [5, 5.41) is 4.32. The summed E-state index contributed by atoms with van der Waals surface area (Å²) in [6, 6.07) is 2.33. The van der Waals surface area contributed by atoms with Gasteiger partial charge >= 0.3 is 0 Å². The van der Waals surface area contributed by atoms with Gasteiger partial charge in [-0.05, 0) is 37.7 Å². The van der Waals surface area contributed by atoms with Crippen LogP contribution in [-0.4, -0.2) is 33.7 Å². The zero-order valence-corrected chi connectivity index (χ0v) is 11.5. The molecule has 1 saturated heterocycles. The van der Waals surface area contributed by atoms with E-state index in [0.717, 1.165) is 32.4 Å². The summed E-state index contributed by atoms with van der Waals surface area (Å²) in [5.74, 6) is 1.02. The van der Waals surface area contributed by atoms with E-state index in [9.17, 15) is 4.79 Å². The Morgan fingerprint density at radius 3 is 2.79 bits per heavy atom. The first kappa shape index (κ1) is 12.7. The van der Waals surface area contributed by atoms with Gasteiger partial charge in [-0.25, -0.2) is 0 Å². The van der Waals surface area contributed by atoms with Crippen LogP contribution in [0.25, 0.3) is 0 Å². The van der Waals surface area contributed by atoms with Gasteiger partial charge < -0.3 is 4.90 Å². The van der Waals surface area contributed by atoms with Gasteiger partial charge in [0.05, 0.1) is 6.04 Å². The lowest BCUT2D eigenvalue weighted by atomic mass is 10.0. The molecule has 104 valence electrons. The Hall–Kier alpha value is -1.32. The van der Waals surface area contributed by atoms with Crippen molar-refractivity contribution in [3.63, 3.8) is 0 Å². The number of likely N-dealkylation sites (tertiary alicyclic amines) is 1. The van der Waals surface area contributed by atoms with Crippen molar-refractivity contribution in [2.24, 2.45) is 5.92 Å². The number of carbonyl (C=O) groups is 1. The lowest BCUT2D eigenvalue weighted by Gasteiger charge is -2.33. The molecule has 1 aromatic heterocycles. The van der Waals surface area contributed by atoms with Gasteiger partial charge in [0, 0.05) is 31.9 Å². The van der Waals surface area contributed by atoms with E-state index in [1.54, 1.807) is 0 Å². The molecule has 1 aromatic rings. The zero-order chi connectivity index (χ0) is 13.1. The van der Waals surface area contributed by atoms with E-state index in [1.165, 1.54) is 25.7 Å². The first-order valence-electron chi connectivity index (χ1n) is 7.60. The normalized spacial score (nSPS) is 24.8. The number of hydrogen-bond donors (Lipinski definition) is 0. The fraction of sp³-hybridized carbons (Fsp3) is 0.733. The maximum atomic E-state index is 12.4. The summed E-state index contributed by atoms with van der Waals surface area (Å²) in [5.41, 5.74) is 0. The number of amides is 1. The molecule has 2 heterocycles. The van der Waals surface area contributed by atoms with Gasteiger partial charge in [-0.2, -0.15) is 5.10 Å². The molecule has 0 bridgehead atoms. The van der Waals surface area contributed by atoms with Crippen LogP contribution in [0.4, 0.5) is 0 Å². The average Bonchev–Trinajstić information content (AvgIpc) is 3.12. The first-order valence-corrected chi connectivity index (χ1v) is 7.60. The number of nitrogens with zero attached hydrogens (tertiary/aromatic N) is 3. The van der Waals surface area contributed by atoms with Crippen LogP contribution in [0.2, 0.25) is 0 Å². The largest absolute Gasteiger partial charge is 0.341 e. The Balaban J connectivity index is 1.56. The quantitative estimate of drug-likeness (QED) is 0.839. The molecule has 3 rings (SSSR count). The second-order valence-corrected chi connectivity index (χ2v) is 5.98. The number of carbonyl (C=O) groups excluding carboxylic acids is 1. The minimum Gasteiger partial charge on any atom is -0.341 e. The van der Waals surface area contributed by atoms with Gasteiger partial charge in [-0.1, -0.05) is 12.8 Å². The summed E-state index contributed by atoms with van der Waals surface area (Å²) >= 11 is 0. The Bertz CT molecular complexity index is 409. The van der Waals surface area contributed by atoms with Crippen LogP contribution in [0.5, 0.6) is 0 Å². The third kappa shape index (κ3) is 2.99. The van der Waals surface area contributed by atoms with Crippen LogP contribution in [0.1, 0.15) is 51.0 Å². The smallest absolute Gasteiger partial charge is 0.222 e. The fourth-order valence-electron chi connectivity index (χ4n) is 3.48.